The van der Waals surface area contributed by atoms with Gasteiger partial charge in [0.05, 0.1) is 33.2 Å². The van der Waals surface area contributed by atoms with Crippen LogP contribution in [0.3, 0.4) is 0 Å². The minimum atomic E-state index is -4.61. The van der Waals surface area contributed by atoms with Gasteiger partial charge in [0.25, 0.3) is 21.6 Å². The molecule has 14 nitrogen and oxygen atoms in total. The molecule has 338 valence electrons. The van der Waals surface area contributed by atoms with E-state index >= 15 is 0 Å². The fraction of sp³-hybridized carbons (Fsp3) is 0.378. The Hall–Kier alpha value is -5.69. The van der Waals surface area contributed by atoms with Gasteiger partial charge in [-0.3, -0.25) is 19.8 Å². The number of halogens is 4. The summed E-state index contributed by atoms with van der Waals surface area (Å²) in [6.07, 6.45) is 2.67. The summed E-state index contributed by atoms with van der Waals surface area (Å²) in [4.78, 5) is 36.6. The monoisotopic (exact) mass is 921 g/mol. The number of pyridine rings is 1. The molecule has 1 atom stereocenters. The number of alkyl halides is 3. The zero-order valence-corrected chi connectivity index (χ0v) is 36.7. The number of aromatic amines is 1. The smallest absolute Gasteiger partial charge is 0.416 e. The summed E-state index contributed by atoms with van der Waals surface area (Å²) >= 11 is 6.53. The molecule has 4 heterocycles. The summed E-state index contributed by atoms with van der Waals surface area (Å²) in [5.41, 5.74) is 2.80. The Morgan fingerprint density at radius 3 is 2.59 bits per heavy atom. The van der Waals surface area contributed by atoms with Crippen molar-refractivity contribution in [3.8, 4) is 11.5 Å². The standard InChI is InChI=1S/C45H47ClF3N7O7S/c1-44(2)13-11-29(37(24-44)35-8-5-30(21-38(35)46)45(47,48)49)27-54-15-17-55(18-16-54)31-6-9-36(41(22-31)63-33-20-28-12-14-50-42(28)52-26-33)43(57)53-64(60,61)34-7-10-39(40(23-34)56(58)59)51-25-32-4-3-19-62-32/h5-10,12,14,20-23,26,32,51H,3-4,11,13,15-19,24-25,27H2,1-2H3,(H,50,52)(H,53,57). The Labute approximate surface area is 373 Å². The summed E-state index contributed by atoms with van der Waals surface area (Å²) < 4.78 is 81.6. The van der Waals surface area contributed by atoms with Gasteiger partial charge in [-0.25, -0.2) is 18.1 Å². The van der Waals surface area contributed by atoms with Crippen LogP contribution >= 0.6 is 11.6 Å². The molecule has 2 aromatic heterocycles. The van der Waals surface area contributed by atoms with Gasteiger partial charge in [-0.2, -0.15) is 13.2 Å². The first-order valence-electron chi connectivity index (χ1n) is 20.9. The average Bonchev–Trinajstić information content (AvgIpc) is 3.96. The third-order valence-electron chi connectivity index (χ3n) is 12.0. The van der Waals surface area contributed by atoms with E-state index in [1.54, 1.807) is 30.5 Å². The van der Waals surface area contributed by atoms with Crippen molar-refractivity contribution in [2.75, 3.05) is 56.1 Å². The number of piperazine rings is 1. The van der Waals surface area contributed by atoms with Gasteiger partial charge in [0.15, 0.2) is 0 Å². The number of nitro groups is 1. The summed E-state index contributed by atoms with van der Waals surface area (Å²) in [5.74, 6) is -0.671. The first-order chi connectivity index (χ1) is 30.4. The van der Waals surface area contributed by atoms with Crippen LogP contribution in [0.1, 0.15) is 67.4 Å². The molecule has 2 aliphatic heterocycles. The van der Waals surface area contributed by atoms with E-state index in [1.165, 1.54) is 30.5 Å². The highest BCUT2D eigenvalue weighted by atomic mass is 35.5. The van der Waals surface area contributed by atoms with Gasteiger partial charge in [0.1, 0.15) is 22.8 Å². The number of nitrogens with one attached hydrogen (secondary N) is 3. The molecule has 2 saturated heterocycles. The second-order valence-corrected chi connectivity index (χ2v) is 19.2. The first-order valence-corrected chi connectivity index (χ1v) is 22.8. The van der Waals surface area contributed by atoms with Crippen LogP contribution in [0.15, 0.2) is 89.6 Å². The Morgan fingerprint density at radius 2 is 1.88 bits per heavy atom. The molecule has 19 heteroatoms. The van der Waals surface area contributed by atoms with E-state index in [9.17, 15) is 36.5 Å². The predicted molar refractivity (Wildman–Crippen MR) is 237 cm³/mol. The van der Waals surface area contributed by atoms with Crippen LogP contribution in [0, 0.1) is 15.5 Å². The number of fused-ring (bicyclic) bond motifs is 1. The number of allylic oxidation sites excluding steroid dienone is 1. The first kappa shape index (κ1) is 44.9. The maximum Gasteiger partial charge on any atom is 0.416 e. The van der Waals surface area contributed by atoms with E-state index in [2.05, 4.69) is 43.7 Å². The van der Waals surface area contributed by atoms with E-state index < -0.39 is 43.2 Å². The highest BCUT2D eigenvalue weighted by Crippen LogP contribution is 2.46. The van der Waals surface area contributed by atoms with Crippen LogP contribution < -0.4 is 19.7 Å². The molecule has 3 N–H and O–H groups in total. The predicted octanol–water partition coefficient (Wildman–Crippen LogP) is 9.43. The maximum atomic E-state index is 13.9. The molecule has 0 bridgehead atoms. The molecule has 8 rings (SSSR count). The number of benzene rings is 3. The fourth-order valence-electron chi connectivity index (χ4n) is 8.49. The number of anilines is 2. The van der Waals surface area contributed by atoms with Gasteiger partial charge in [-0.15, -0.1) is 0 Å². The van der Waals surface area contributed by atoms with Crippen LogP contribution in [0.2, 0.25) is 5.02 Å². The number of carbonyl (C=O) groups excluding carboxylic acids is 1. The zero-order valence-electron chi connectivity index (χ0n) is 35.1. The molecule has 64 heavy (non-hydrogen) atoms. The second-order valence-electron chi connectivity index (χ2n) is 17.1. The molecular formula is C45H47ClF3N7O7S. The molecule has 1 aliphatic carbocycles. The largest absolute Gasteiger partial charge is 0.455 e. The minimum absolute atomic E-state index is 0.0472. The number of sulfonamides is 1. The Bertz CT molecular complexity index is 2730. The second kappa shape index (κ2) is 18.1. The average molecular weight is 922 g/mol. The summed E-state index contributed by atoms with van der Waals surface area (Å²) in [5, 5.41) is 15.8. The van der Waals surface area contributed by atoms with E-state index in [0.717, 1.165) is 60.4 Å². The number of hydrogen-bond acceptors (Lipinski definition) is 11. The number of nitro benzene ring substituents is 1. The number of rotatable bonds is 13. The molecule has 0 saturated carbocycles. The molecule has 5 aromatic rings. The SMILES string of the molecule is CC1(C)CCC(CN2CCN(c3ccc(C(=O)NS(=O)(=O)c4ccc(NCC5CCCO5)c([N+](=O)[O-])c4)c(Oc4cnc5[nH]ccc5c4)c3)CC2)=C(c2ccc(C(F)(F)F)cc2Cl)C1. The van der Waals surface area contributed by atoms with Crippen LogP contribution in [0.5, 0.6) is 11.5 Å². The quantitative estimate of drug-likeness (QED) is 0.0759. The van der Waals surface area contributed by atoms with Crippen molar-refractivity contribution in [3.63, 3.8) is 0 Å². The molecule has 3 aliphatic rings. The van der Waals surface area contributed by atoms with Gasteiger partial charge in [0.2, 0.25) is 0 Å². The van der Waals surface area contributed by atoms with Gasteiger partial charge in [0, 0.05) is 80.3 Å². The topological polar surface area (TPSA) is 172 Å². The highest BCUT2D eigenvalue weighted by molar-refractivity contribution is 7.90. The molecule has 2 fully saturated rings. The maximum absolute atomic E-state index is 13.9. The van der Waals surface area contributed by atoms with Crippen molar-refractivity contribution in [1.82, 2.24) is 19.6 Å². The van der Waals surface area contributed by atoms with Gasteiger partial charge < -0.3 is 24.7 Å². The number of H-pyrrole nitrogens is 1. The third kappa shape index (κ3) is 10.1. The van der Waals surface area contributed by atoms with Crippen molar-refractivity contribution >= 4 is 61.2 Å². The minimum Gasteiger partial charge on any atom is -0.455 e. The van der Waals surface area contributed by atoms with Crippen molar-refractivity contribution in [1.29, 1.82) is 0 Å². The van der Waals surface area contributed by atoms with Crippen LogP contribution in [0.4, 0.5) is 30.2 Å². The number of amides is 1. The highest BCUT2D eigenvalue weighted by Gasteiger charge is 2.34. The van der Waals surface area contributed by atoms with Gasteiger partial charge >= 0.3 is 6.18 Å². The fourth-order valence-corrected chi connectivity index (χ4v) is 9.77. The molecular weight excluding hydrogens is 875 g/mol. The lowest BCUT2D eigenvalue weighted by Crippen LogP contribution is -2.47. The number of nitrogens with zero attached hydrogens (tertiary/aromatic N) is 4. The zero-order chi connectivity index (χ0) is 45.4. The van der Waals surface area contributed by atoms with Gasteiger partial charge in [-0.1, -0.05) is 37.1 Å². The third-order valence-corrected chi connectivity index (χ3v) is 13.7. The van der Waals surface area contributed by atoms with Crippen molar-refractivity contribution < 1.29 is 40.8 Å². The Kier molecular flexibility index (Phi) is 12.7. The van der Waals surface area contributed by atoms with E-state index in [4.69, 9.17) is 21.1 Å². The van der Waals surface area contributed by atoms with Crippen molar-refractivity contribution in [2.45, 2.75) is 63.1 Å². The number of aromatic nitrogens is 2. The summed E-state index contributed by atoms with van der Waals surface area (Å²) in [6.45, 7) is 8.33. The lowest BCUT2D eigenvalue weighted by atomic mass is 9.72. The number of hydrogen-bond donors (Lipinski definition) is 3. The molecule has 0 spiro atoms. The Morgan fingerprint density at radius 1 is 1.08 bits per heavy atom. The Balaban J connectivity index is 1.01. The van der Waals surface area contributed by atoms with Crippen molar-refractivity contribution in [3.05, 3.63) is 117 Å². The molecule has 1 unspecified atom stereocenters. The summed E-state index contributed by atoms with van der Waals surface area (Å²) in [7, 11) is -4.61. The van der Waals surface area contributed by atoms with E-state index in [0.29, 0.717) is 74.9 Å². The van der Waals surface area contributed by atoms with Crippen LogP contribution in [0.25, 0.3) is 16.6 Å². The van der Waals surface area contributed by atoms with Crippen molar-refractivity contribution in [2.24, 2.45) is 5.41 Å². The molecule has 3 aromatic carbocycles. The normalized spacial score (nSPS) is 18.3. The van der Waals surface area contributed by atoms with Crippen LogP contribution in [-0.4, -0.2) is 86.1 Å². The lowest BCUT2D eigenvalue weighted by molar-refractivity contribution is -0.384. The number of ether oxygens (including phenoxy) is 2. The van der Waals surface area contributed by atoms with Crippen LogP contribution in [-0.2, 0) is 20.9 Å². The van der Waals surface area contributed by atoms with E-state index in [-0.39, 0.29) is 33.5 Å². The summed E-state index contributed by atoms with van der Waals surface area (Å²) in [6, 6.07) is 15.3. The van der Waals surface area contributed by atoms with E-state index in [1.807, 2.05) is 0 Å². The lowest BCUT2D eigenvalue weighted by Gasteiger charge is -2.39. The number of carbonyl (C=O) groups is 1. The molecule has 1 amide bonds. The molecule has 0 radical (unpaired) electrons. The van der Waals surface area contributed by atoms with Gasteiger partial charge in [-0.05, 0) is 97.2 Å².